The third kappa shape index (κ3) is 5.55. The second-order valence-electron chi connectivity index (χ2n) is 6.22. The van der Waals surface area contributed by atoms with Crippen LogP contribution in [0.1, 0.15) is 28.5 Å². The van der Waals surface area contributed by atoms with E-state index >= 15 is 0 Å². The van der Waals surface area contributed by atoms with Crippen LogP contribution in [-0.4, -0.2) is 60.2 Å². The Labute approximate surface area is 157 Å². The van der Waals surface area contributed by atoms with Gasteiger partial charge >= 0.3 is 0 Å². The van der Waals surface area contributed by atoms with Gasteiger partial charge in [0.25, 0.3) is 5.91 Å². The summed E-state index contributed by atoms with van der Waals surface area (Å²) in [5, 5.41) is 10.2. The minimum absolute atomic E-state index is 0.0323. The van der Waals surface area contributed by atoms with Crippen molar-refractivity contribution in [3.8, 4) is 0 Å². The molecule has 0 bridgehead atoms. The molecule has 1 aromatic heterocycles. The number of nitrogens with zero attached hydrogens (tertiary/aromatic N) is 3. The Morgan fingerprint density at radius 1 is 1.35 bits per heavy atom. The van der Waals surface area contributed by atoms with Gasteiger partial charge in [-0.1, -0.05) is 17.3 Å². The van der Waals surface area contributed by atoms with Gasteiger partial charge < -0.3 is 20.1 Å². The van der Waals surface area contributed by atoms with Crippen LogP contribution in [0.4, 0.5) is 0 Å². The van der Waals surface area contributed by atoms with Crippen LogP contribution >= 0.6 is 11.8 Å². The fourth-order valence-corrected chi connectivity index (χ4v) is 3.74. The molecule has 8 heteroatoms. The molecule has 0 atom stereocenters. The molecule has 1 fully saturated rings. The summed E-state index contributed by atoms with van der Waals surface area (Å²) in [6.45, 7) is 7.77. The number of hydrogen-bond donors (Lipinski definition) is 2. The molecule has 1 aliphatic rings. The molecule has 0 unspecified atom stereocenters. The number of aromatic nitrogens is 2. The lowest BCUT2D eigenvalue weighted by molar-refractivity contribution is 0.0948. The van der Waals surface area contributed by atoms with E-state index in [1.165, 1.54) is 11.8 Å². The Morgan fingerprint density at radius 2 is 2.15 bits per heavy atom. The molecule has 1 saturated heterocycles. The summed E-state index contributed by atoms with van der Waals surface area (Å²) in [7, 11) is 0. The topological polar surface area (TPSA) is 83.3 Å². The van der Waals surface area contributed by atoms with Crippen molar-refractivity contribution in [2.45, 2.75) is 24.0 Å². The summed E-state index contributed by atoms with van der Waals surface area (Å²) < 4.78 is 5.13. The Bertz CT molecular complexity index is 715. The first-order valence-electron chi connectivity index (χ1n) is 8.94. The van der Waals surface area contributed by atoms with Crippen LogP contribution < -0.4 is 10.6 Å². The molecule has 0 saturated carbocycles. The number of carbonyl (C=O) groups excluding carboxylic acids is 1. The van der Waals surface area contributed by atoms with Gasteiger partial charge in [-0.15, -0.1) is 11.8 Å². The van der Waals surface area contributed by atoms with E-state index in [-0.39, 0.29) is 5.91 Å². The summed E-state index contributed by atoms with van der Waals surface area (Å²) in [5.41, 5.74) is 0.691. The van der Waals surface area contributed by atoms with Gasteiger partial charge in [0.05, 0.1) is 11.3 Å². The van der Waals surface area contributed by atoms with Crippen molar-refractivity contribution in [1.82, 2.24) is 25.7 Å². The Balaban J connectivity index is 1.47. The molecule has 26 heavy (non-hydrogen) atoms. The molecular formula is C18H25N5O2S. The fourth-order valence-electron chi connectivity index (χ4n) is 2.85. The largest absolute Gasteiger partial charge is 0.352 e. The molecule has 2 heterocycles. The number of rotatable bonds is 8. The Kier molecular flexibility index (Phi) is 7.04. The molecule has 1 aromatic carbocycles. The molecule has 1 aliphatic heterocycles. The summed E-state index contributed by atoms with van der Waals surface area (Å²) in [4.78, 5) is 20.1. The number of aryl methyl sites for hydroxylation is 1. The lowest BCUT2D eigenvalue weighted by Gasteiger charge is -2.27. The van der Waals surface area contributed by atoms with E-state index in [0.717, 1.165) is 44.0 Å². The van der Waals surface area contributed by atoms with Crippen LogP contribution in [0.15, 0.2) is 33.7 Å². The van der Waals surface area contributed by atoms with E-state index in [0.29, 0.717) is 29.6 Å². The van der Waals surface area contributed by atoms with Crippen molar-refractivity contribution in [1.29, 1.82) is 0 Å². The third-order valence-corrected chi connectivity index (χ3v) is 5.26. The maximum Gasteiger partial charge on any atom is 0.252 e. The first-order chi connectivity index (χ1) is 12.7. The zero-order valence-electron chi connectivity index (χ0n) is 15.0. The molecule has 0 aliphatic carbocycles. The highest BCUT2D eigenvalue weighted by Crippen LogP contribution is 2.25. The van der Waals surface area contributed by atoms with Crippen molar-refractivity contribution < 1.29 is 9.32 Å². The molecule has 2 aromatic rings. The Morgan fingerprint density at radius 3 is 2.92 bits per heavy atom. The molecule has 1 amide bonds. The van der Waals surface area contributed by atoms with Crippen LogP contribution in [0, 0.1) is 6.92 Å². The smallest absolute Gasteiger partial charge is 0.252 e. The molecule has 0 spiro atoms. The first-order valence-corrected chi connectivity index (χ1v) is 9.93. The number of piperazine rings is 1. The van der Waals surface area contributed by atoms with Gasteiger partial charge in [-0.2, -0.15) is 4.98 Å². The quantitative estimate of drug-likeness (QED) is 0.537. The number of nitrogens with one attached hydrogen (secondary N) is 2. The van der Waals surface area contributed by atoms with Crippen molar-refractivity contribution in [2.75, 3.05) is 39.3 Å². The predicted molar refractivity (Wildman–Crippen MR) is 101 cm³/mol. The van der Waals surface area contributed by atoms with Crippen molar-refractivity contribution in [3.05, 3.63) is 41.5 Å². The zero-order valence-corrected chi connectivity index (χ0v) is 15.8. The van der Waals surface area contributed by atoms with Gasteiger partial charge in [0.15, 0.2) is 5.82 Å². The van der Waals surface area contributed by atoms with Crippen LogP contribution in [-0.2, 0) is 5.75 Å². The monoisotopic (exact) mass is 375 g/mol. The number of amides is 1. The molecule has 3 rings (SSSR count). The minimum Gasteiger partial charge on any atom is -0.352 e. The van der Waals surface area contributed by atoms with E-state index < -0.39 is 0 Å². The van der Waals surface area contributed by atoms with Crippen LogP contribution in [0.3, 0.4) is 0 Å². The standard InChI is InChI=1S/C18H25N5O2S/c1-14-21-17(25-22-14)13-26-16-6-3-2-5-15(16)18(24)20-7-4-10-23-11-8-19-9-12-23/h2-3,5-6,19H,4,7-13H2,1H3,(H,20,24). The summed E-state index contributed by atoms with van der Waals surface area (Å²) >= 11 is 1.53. The predicted octanol–water partition coefficient (Wildman–Crippen LogP) is 1.70. The summed E-state index contributed by atoms with van der Waals surface area (Å²) in [6, 6.07) is 7.62. The van der Waals surface area contributed by atoms with Gasteiger partial charge in [-0.05, 0) is 32.0 Å². The number of benzene rings is 1. The molecule has 7 nitrogen and oxygen atoms in total. The van der Waals surface area contributed by atoms with Gasteiger partial charge in [0.2, 0.25) is 5.89 Å². The van der Waals surface area contributed by atoms with E-state index in [2.05, 4.69) is 25.7 Å². The van der Waals surface area contributed by atoms with Crippen LogP contribution in [0.5, 0.6) is 0 Å². The maximum absolute atomic E-state index is 12.5. The highest BCUT2D eigenvalue weighted by Gasteiger charge is 2.13. The van der Waals surface area contributed by atoms with E-state index in [1.54, 1.807) is 6.92 Å². The molecule has 0 radical (unpaired) electrons. The third-order valence-electron chi connectivity index (χ3n) is 4.20. The molecule has 140 valence electrons. The molecule has 2 N–H and O–H groups in total. The minimum atomic E-state index is -0.0323. The van der Waals surface area contributed by atoms with Gasteiger partial charge in [-0.25, -0.2) is 0 Å². The maximum atomic E-state index is 12.5. The SMILES string of the molecule is Cc1noc(CSc2ccccc2C(=O)NCCCN2CCNCC2)n1. The number of hydrogen-bond acceptors (Lipinski definition) is 7. The van der Waals surface area contributed by atoms with Crippen LogP contribution in [0.2, 0.25) is 0 Å². The van der Waals surface area contributed by atoms with E-state index in [9.17, 15) is 4.79 Å². The van der Waals surface area contributed by atoms with Crippen molar-refractivity contribution >= 4 is 17.7 Å². The van der Waals surface area contributed by atoms with E-state index in [1.807, 2.05) is 24.3 Å². The zero-order chi connectivity index (χ0) is 18.2. The lowest BCUT2D eigenvalue weighted by Crippen LogP contribution is -2.44. The average molecular weight is 375 g/mol. The number of thioether (sulfide) groups is 1. The normalized spacial score (nSPS) is 15.1. The summed E-state index contributed by atoms with van der Waals surface area (Å²) in [6.07, 6.45) is 0.961. The van der Waals surface area contributed by atoms with Gasteiger partial charge in [0, 0.05) is 37.6 Å². The average Bonchev–Trinajstić information content (AvgIpc) is 3.10. The highest BCUT2D eigenvalue weighted by molar-refractivity contribution is 7.98. The van der Waals surface area contributed by atoms with Crippen molar-refractivity contribution in [3.63, 3.8) is 0 Å². The van der Waals surface area contributed by atoms with Crippen molar-refractivity contribution in [2.24, 2.45) is 0 Å². The van der Waals surface area contributed by atoms with Gasteiger partial charge in [0.1, 0.15) is 0 Å². The fraction of sp³-hybridized carbons (Fsp3) is 0.500. The summed E-state index contributed by atoms with van der Waals surface area (Å²) in [5.74, 6) is 1.71. The Hall–Kier alpha value is -1.90. The highest BCUT2D eigenvalue weighted by atomic mass is 32.2. The number of carbonyl (C=O) groups is 1. The lowest BCUT2D eigenvalue weighted by atomic mass is 10.2. The van der Waals surface area contributed by atoms with Gasteiger partial charge in [-0.3, -0.25) is 4.79 Å². The molecular weight excluding hydrogens is 350 g/mol. The van der Waals surface area contributed by atoms with E-state index in [4.69, 9.17) is 4.52 Å². The van der Waals surface area contributed by atoms with Crippen LogP contribution in [0.25, 0.3) is 0 Å². The second-order valence-corrected chi connectivity index (χ2v) is 7.24. The first kappa shape index (κ1) is 18.9. The second kappa shape index (κ2) is 9.70.